The van der Waals surface area contributed by atoms with Gasteiger partial charge in [0.2, 0.25) is 0 Å². The maximum absolute atomic E-state index is 13.6. The number of hydrogen-bond acceptors (Lipinski definition) is 3. The van der Waals surface area contributed by atoms with Gasteiger partial charge in [0.05, 0.1) is 12.5 Å². The van der Waals surface area contributed by atoms with Crippen molar-refractivity contribution in [2.45, 2.75) is 6.42 Å². The Kier molecular flexibility index (Phi) is 3.31. The van der Waals surface area contributed by atoms with Crippen LogP contribution in [0, 0.1) is 17.1 Å². The first-order chi connectivity index (χ1) is 8.20. The molecule has 3 nitrogen and oxygen atoms in total. The van der Waals surface area contributed by atoms with Crippen molar-refractivity contribution in [3.63, 3.8) is 0 Å². The Balaban J connectivity index is 2.37. The number of benzene rings is 1. The van der Waals surface area contributed by atoms with E-state index in [-0.39, 0.29) is 6.42 Å². The molecule has 0 fully saturated rings. The van der Waals surface area contributed by atoms with Crippen molar-refractivity contribution >= 4 is 11.6 Å². The summed E-state index contributed by atoms with van der Waals surface area (Å²) in [5.74, 6) is -0.000227. The van der Waals surface area contributed by atoms with Crippen LogP contribution < -0.4 is 0 Å². The molecule has 0 aliphatic carbocycles. The molecule has 0 amide bonds. The van der Waals surface area contributed by atoms with Gasteiger partial charge in [-0.1, -0.05) is 11.6 Å². The van der Waals surface area contributed by atoms with Crippen LogP contribution >= 0.6 is 11.6 Å². The average Bonchev–Trinajstić information content (AvgIpc) is 2.31. The summed E-state index contributed by atoms with van der Waals surface area (Å²) in [6.45, 7) is 0. The van der Waals surface area contributed by atoms with E-state index in [9.17, 15) is 4.39 Å². The normalized spacial score (nSPS) is 9.94. The molecule has 1 heterocycles. The molecule has 2 aromatic rings. The van der Waals surface area contributed by atoms with Crippen LogP contribution in [0.3, 0.4) is 0 Å². The molecule has 0 unspecified atom stereocenters. The van der Waals surface area contributed by atoms with E-state index in [1.165, 1.54) is 18.5 Å². The van der Waals surface area contributed by atoms with E-state index in [1.54, 1.807) is 12.1 Å². The second kappa shape index (κ2) is 4.89. The van der Waals surface area contributed by atoms with Crippen LogP contribution in [0.4, 0.5) is 4.39 Å². The molecule has 5 heteroatoms. The zero-order valence-electron chi connectivity index (χ0n) is 8.69. The number of nitriles is 1. The van der Waals surface area contributed by atoms with E-state index in [0.717, 1.165) is 0 Å². The molecular weight excluding hydrogens is 241 g/mol. The van der Waals surface area contributed by atoms with Crippen molar-refractivity contribution in [3.8, 4) is 17.2 Å². The van der Waals surface area contributed by atoms with E-state index in [4.69, 9.17) is 16.9 Å². The molecule has 0 spiro atoms. The van der Waals surface area contributed by atoms with Crippen LogP contribution in [0.25, 0.3) is 11.1 Å². The predicted octanol–water partition coefficient (Wildman–Crippen LogP) is 3.00. The number of rotatable bonds is 2. The highest BCUT2D eigenvalue weighted by Crippen LogP contribution is 2.24. The van der Waals surface area contributed by atoms with Crippen LogP contribution in [-0.4, -0.2) is 9.97 Å². The molecule has 0 N–H and O–H groups in total. The molecule has 84 valence electrons. The van der Waals surface area contributed by atoms with E-state index in [0.29, 0.717) is 22.0 Å². The Morgan fingerprint density at radius 2 is 2.00 bits per heavy atom. The molecule has 0 saturated carbocycles. The SMILES string of the molecule is N#CCc1ncc(-c2ccc(Cl)cc2F)cn1. The first-order valence-electron chi connectivity index (χ1n) is 4.84. The summed E-state index contributed by atoms with van der Waals surface area (Å²) in [5.41, 5.74) is 0.943. The van der Waals surface area contributed by atoms with Gasteiger partial charge in [-0.2, -0.15) is 5.26 Å². The molecule has 0 radical (unpaired) electrons. The van der Waals surface area contributed by atoms with Crippen molar-refractivity contribution in [1.29, 1.82) is 5.26 Å². The highest BCUT2D eigenvalue weighted by atomic mass is 35.5. The lowest BCUT2D eigenvalue weighted by Gasteiger charge is -2.03. The van der Waals surface area contributed by atoms with Crippen LogP contribution in [-0.2, 0) is 6.42 Å². The van der Waals surface area contributed by atoms with Gasteiger partial charge < -0.3 is 0 Å². The van der Waals surface area contributed by atoms with Crippen molar-refractivity contribution in [2.24, 2.45) is 0 Å². The minimum atomic E-state index is -0.422. The molecular formula is C12H7ClFN3. The molecule has 0 aliphatic rings. The molecule has 0 aliphatic heterocycles. The summed E-state index contributed by atoms with van der Waals surface area (Å²) in [5, 5.41) is 8.82. The van der Waals surface area contributed by atoms with Crippen LogP contribution in [0.15, 0.2) is 30.6 Å². The van der Waals surface area contributed by atoms with E-state index < -0.39 is 5.82 Å². The summed E-state index contributed by atoms with van der Waals surface area (Å²) < 4.78 is 13.6. The Hall–Kier alpha value is -1.99. The predicted molar refractivity (Wildman–Crippen MR) is 61.8 cm³/mol. The summed E-state index contributed by atoms with van der Waals surface area (Å²) in [6, 6.07) is 6.35. The molecule has 17 heavy (non-hydrogen) atoms. The van der Waals surface area contributed by atoms with Gasteiger partial charge in [0.1, 0.15) is 11.6 Å². The number of hydrogen-bond donors (Lipinski definition) is 0. The number of aromatic nitrogens is 2. The molecule has 0 saturated heterocycles. The third kappa shape index (κ3) is 2.58. The van der Waals surface area contributed by atoms with Crippen molar-refractivity contribution < 1.29 is 4.39 Å². The highest BCUT2D eigenvalue weighted by Gasteiger charge is 2.06. The van der Waals surface area contributed by atoms with Gasteiger partial charge in [0.15, 0.2) is 0 Å². The summed E-state index contributed by atoms with van der Waals surface area (Å²) in [7, 11) is 0. The third-order valence-electron chi connectivity index (χ3n) is 2.18. The maximum atomic E-state index is 13.6. The van der Waals surface area contributed by atoms with Crippen molar-refractivity contribution in [3.05, 3.63) is 47.3 Å². The number of halogens is 2. The lowest BCUT2D eigenvalue weighted by atomic mass is 10.1. The Bertz CT molecular complexity index is 575. The molecule has 2 rings (SSSR count). The Morgan fingerprint density at radius 1 is 1.29 bits per heavy atom. The fourth-order valence-electron chi connectivity index (χ4n) is 1.38. The molecule has 1 aromatic heterocycles. The van der Waals surface area contributed by atoms with Crippen molar-refractivity contribution in [1.82, 2.24) is 9.97 Å². The van der Waals surface area contributed by atoms with Crippen LogP contribution in [0.1, 0.15) is 5.82 Å². The van der Waals surface area contributed by atoms with Gasteiger partial charge in [-0.3, -0.25) is 0 Å². The molecule has 0 atom stereocenters. The molecule has 0 bridgehead atoms. The smallest absolute Gasteiger partial charge is 0.142 e. The van der Waals surface area contributed by atoms with Gasteiger partial charge >= 0.3 is 0 Å². The van der Waals surface area contributed by atoms with Gasteiger partial charge in [-0.05, 0) is 18.2 Å². The van der Waals surface area contributed by atoms with Gasteiger partial charge in [0, 0.05) is 28.5 Å². The topological polar surface area (TPSA) is 49.6 Å². The second-order valence-electron chi connectivity index (χ2n) is 3.35. The van der Waals surface area contributed by atoms with E-state index >= 15 is 0 Å². The summed E-state index contributed by atoms with van der Waals surface area (Å²) >= 11 is 5.66. The molecule has 1 aromatic carbocycles. The Morgan fingerprint density at radius 3 is 2.59 bits per heavy atom. The van der Waals surface area contributed by atoms with Gasteiger partial charge in [-0.15, -0.1) is 0 Å². The highest BCUT2D eigenvalue weighted by molar-refractivity contribution is 6.30. The third-order valence-corrected chi connectivity index (χ3v) is 2.42. The van der Waals surface area contributed by atoms with Crippen LogP contribution in [0.2, 0.25) is 5.02 Å². The lowest BCUT2D eigenvalue weighted by molar-refractivity contribution is 0.631. The average molecular weight is 248 g/mol. The van der Waals surface area contributed by atoms with Crippen LogP contribution in [0.5, 0.6) is 0 Å². The van der Waals surface area contributed by atoms with Gasteiger partial charge in [0.25, 0.3) is 0 Å². The fraction of sp³-hybridized carbons (Fsp3) is 0.0833. The monoisotopic (exact) mass is 247 g/mol. The summed E-state index contributed by atoms with van der Waals surface area (Å²) in [6.07, 6.45) is 3.13. The minimum absolute atomic E-state index is 0.142. The second-order valence-corrected chi connectivity index (χ2v) is 3.78. The number of nitrogens with zero attached hydrogens (tertiary/aromatic N) is 3. The first-order valence-corrected chi connectivity index (χ1v) is 5.22. The largest absolute Gasteiger partial charge is 0.240 e. The minimum Gasteiger partial charge on any atom is -0.240 e. The van der Waals surface area contributed by atoms with Gasteiger partial charge in [-0.25, -0.2) is 14.4 Å². The van der Waals surface area contributed by atoms with E-state index in [1.807, 2.05) is 6.07 Å². The quantitative estimate of drug-likeness (QED) is 0.820. The lowest BCUT2D eigenvalue weighted by Crippen LogP contribution is -1.94. The first kappa shape index (κ1) is 11.5. The zero-order valence-corrected chi connectivity index (χ0v) is 9.45. The Labute approximate surface area is 103 Å². The maximum Gasteiger partial charge on any atom is 0.142 e. The summed E-state index contributed by atoms with van der Waals surface area (Å²) in [4.78, 5) is 7.95. The standard InChI is InChI=1S/C12H7ClFN3/c13-9-1-2-10(11(14)5-9)8-6-16-12(3-4-15)17-7-8/h1-2,5-7H,3H2. The van der Waals surface area contributed by atoms with E-state index in [2.05, 4.69) is 9.97 Å². The zero-order chi connectivity index (χ0) is 12.3. The fourth-order valence-corrected chi connectivity index (χ4v) is 1.54. The van der Waals surface area contributed by atoms with Crippen molar-refractivity contribution in [2.75, 3.05) is 0 Å².